The second kappa shape index (κ2) is 9.73. The van der Waals surface area contributed by atoms with E-state index in [0.717, 1.165) is 29.2 Å². The summed E-state index contributed by atoms with van der Waals surface area (Å²) < 4.78 is 0. The second-order valence-corrected chi connectivity index (χ2v) is 11.4. The predicted molar refractivity (Wildman–Crippen MR) is 148 cm³/mol. The van der Waals surface area contributed by atoms with Gasteiger partial charge >= 0.3 is 0 Å². The monoisotopic (exact) mass is 484 g/mol. The number of carbonyl (C=O) groups is 1. The lowest BCUT2D eigenvalue weighted by atomic mass is 9.49. The van der Waals surface area contributed by atoms with Gasteiger partial charge in [-0.25, -0.2) is 4.98 Å². The molecule has 182 valence electrons. The van der Waals surface area contributed by atoms with Gasteiger partial charge in [-0.15, -0.1) is 11.3 Å². The number of hydrogen-bond acceptors (Lipinski definition) is 4. The van der Waals surface area contributed by atoms with Gasteiger partial charge in [0.05, 0.1) is 5.69 Å². The first-order valence-corrected chi connectivity index (χ1v) is 13.8. The molecule has 3 aliphatic carbocycles. The van der Waals surface area contributed by atoms with E-state index in [1.54, 1.807) is 22.5 Å². The van der Waals surface area contributed by atoms with Crippen molar-refractivity contribution >= 4 is 22.8 Å². The average Bonchev–Trinajstić information content (AvgIpc) is 3.41. The van der Waals surface area contributed by atoms with Crippen molar-refractivity contribution in [3.63, 3.8) is 0 Å². The van der Waals surface area contributed by atoms with Crippen molar-refractivity contribution in [2.24, 2.45) is 23.2 Å². The third-order valence-corrected chi connectivity index (χ3v) is 9.65. The van der Waals surface area contributed by atoms with Gasteiger partial charge in [0.2, 0.25) is 0 Å². The minimum absolute atomic E-state index is 0.226. The van der Waals surface area contributed by atoms with Crippen LogP contribution in [0.25, 0.3) is 11.3 Å². The van der Waals surface area contributed by atoms with E-state index in [0.29, 0.717) is 23.3 Å². The Balaban J connectivity index is 1.36. The Bertz CT molecular complexity index is 1210. The molecule has 2 aromatic rings. The van der Waals surface area contributed by atoms with Gasteiger partial charge in [-0.2, -0.15) is 0 Å². The smallest absolute Gasteiger partial charge is 0.183 e. The molecule has 3 nitrogen and oxygen atoms in total. The van der Waals surface area contributed by atoms with Crippen LogP contribution in [-0.4, -0.2) is 17.8 Å². The van der Waals surface area contributed by atoms with Gasteiger partial charge in [0.25, 0.3) is 0 Å². The Kier molecular flexibility index (Phi) is 6.67. The van der Waals surface area contributed by atoms with Crippen LogP contribution in [0.15, 0.2) is 76.7 Å². The molecule has 1 aromatic heterocycles. The molecule has 0 radical (unpaired) electrons. The SMILES string of the molecule is C=CC1=C(/C=C\C)C2CC(CNc3nc(-c4ccc(C=O)cc4)cs3)C2(C)C1C1=C(C)CCCC1. The zero-order valence-electron chi connectivity index (χ0n) is 21.1. The van der Waals surface area contributed by atoms with E-state index in [1.165, 1.54) is 43.3 Å². The van der Waals surface area contributed by atoms with Crippen molar-refractivity contribution in [1.82, 2.24) is 4.98 Å². The van der Waals surface area contributed by atoms with Crippen LogP contribution >= 0.6 is 11.3 Å². The van der Waals surface area contributed by atoms with Crippen LogP contribution in [0.2, 0.25) is 0 Å². The van der Waals surface area contributed by atoms with E-state index < -0.39 is 0 Å². The largest absolute Gasteiger partial charge is 0.361 e. The van der Waals surface area contributed by atoms with Gasteiger partial charge in [0.15, 0.2) is 5.13 Å². The molecule has 0 aliphatic heterocycles. The maximum Gasteiger partial charge on any atom is 0.183 e. The van der Waals surface area contributed by atoms with Gasteiger partial charge in [0.1, 0.15) is 6.29 Å². The summed E-state index contributed by atoms with van der Waals surface area (Å²) in [5, 5.41) is 6.75. The lowest BCUT2D eigenvalue weighted by Gasteiger charge is -2.56. The highest BCUT2D eigenvalue weighted by atomic mass is 32.1. The van der Waals surface area contributed by atoms with E-state index in [4.69, 9.17) is 4.98 Å². The number of aldehydes is 1. The predicted octanol–water partition coefficient (Wildman–Crippen LogP) is 8.26. The van der Waals surface area contributed by atoms with Crippen molar-refractivity contribution < 1.29 is 4.79 Å². The first-order chi connectivity index (χ1) is 17.0. The normalized spacial score (nSPS) is 28.3. The number of fused-ring (bicyclic) bond motifs is 1. The number of nitrogens with zero attached hydrogens (tertiary/aromatic N) is 1. The van der Waals surface area contributed by atoms with E-state index in [-0.39, 0.29) is 5.41 Å². The summed E-state index contributed by atoms with van der Waals surface area (Å²) >= 11 is 1.66. The van der Waals surface area contributed by atoms with E-state index in [1.807, 2.05) is 24.3 Å². The minimum Gasteiger partial charge on any atom is -0.361 e. The Labute approximate surface area is 213 Å². The minimum atomic E-state index is 0.226. The first-order valence-electron chi connectivity index (χ1n) is 12.9. The fourth-order valence-electron chi connectivity index (χ4n) is 6.91. The van der Waals surface area contributed by atoms with Gasteiger partial charge in [-0.3, -0.25) is 4.79 Å². The van der Waals surface area contributed by atoms with Crippen LogP contribution in [0.5, 0.6) is 0 Å². The molecule has 0 bridgehead atoms. The molecule has 1 aromatic carbocycles. The average molecular weight is 485 g/mol. The molecule has 5 rings (SSSR count). The van der Waals surface area contributed by atoms with Gasteiger partial charge in [-0.1, -0.05) is 67.1 Å². The molecule has 0 saturated heterocycles. The number of anilines is 1. The Morgan fingerprint density at radius 2 is 1.97 bits per heavy atom. The van der Waals surface area contributed by atoms with Crippen LogP contribution in [0.1, 0.15) is 63.2 Å². The number of aromatic nitrogens is 1. The van der Waals surface area contributed by atoms with Crippen molar-refractivity contribution in [3.05, 3.63) is 82.3 Å². The number of allylic oxidation sites excluding steroid dienone is 7. The summed E-state index contributed by atoms with van der Waals surface area (Å²) in [6.45, 7) is 12.3. The Morgan fingerprint density at radius 3 is 2.66 bits per heavy atom. The van der Waals surface area contributed by atoms with Crippen LogP contribution in [0.3, 0.4) is 0 Å². The lowest BCUT2D eigenvalue weighted by molar-refractivity contribution is -0.0183. The van der Waals surface area contributed by atoms with Crippen LogP contribution in [0.4, 0.5) is 5.13 Å². The van der Waals surface area contributed by atoms with Crippen molar-refractivity contribution in [3.8, 4) is 11.3 Å². The van der Waals surface area contributed by atoms with Crippen LogP contribution in [-0.2, 0) is 0 Å². The molecule has 1 N–H and O–H groups in total. The molecule has 4 unspecified atom stereocenters. The first kappa shape index (κ1) is 24.0. The standard InChI is InChI=1S/C31H36N2OS/c1-5-9-26-24(6-2)29(25-11-8-7-10-20(25)3)31(4)23(16-27(26)31)17-32-30-33-28(19-35-30)22-14-12-21(18-34)13-15-22/h5-6,9,12-15,18-19,23,27,29H,2,7-8,10-11,16-17H2,1,3-4H3,(H,32,33)/b9-5-. The zero-order valence-corrected chi connectivity index (χ0v) is 22.0. The molecule has 1 heterocycles. The molecule has 4 atom stereocenters. The van der Waals surface area contributed by atoms with E-state index in [2.05, 4.69) is 56.3 Å². The van der Waals surface area contributed by atoms with Crippen LogP contribution in [0, 0.1) is 23.2 Å². The highest BCUT2D eigenvalue weighted by molar-refractivity contribution is 7.14. The van der Waals surface area contributed by atoms with Gasteiger partial charge < -0.3 is 5.32 Å². The molecule has 3 aliphatic rings. The fourth-order valence-corrected chi connectivity index (χ4v) is 7.64. The number of benzene rings is 1. The van der Waals surface area contributed by atoms with Crippen molar-refractivity contribution in [2.45, 2.75) is 52.9 Å². The summed E-state index contributed by atoms with van der Waals surface area (Å²) in [5.74, 6) is 1.69. The quantitative estimate of drug-likeness (QED) is 0.303. The van der Waals surface area contributed by atoms with Crippen molar-refractivity contribution in [1.29, 1.82) is 0 Å². The topological polar surface area (TPSA) is 42.0 Å². The maximum absolute atomic E-state index is 10.9. The second-order valence-electron chi connectivity index (χ2n) is 10.6. The van der Waals surface area contributed by atoms with E-state index in [9.17, 15) is 4.79 Å². The molecule has 1 saturated carbocycles. The molecule has 0 spiro atoms. The summed E-state index contributed by atoms with van der Waals surface area (Å²) in [7, 11) is 0. The Morgan fingerprint density at radius 1 is 1.20 bits per heavy atom. The molecular weight excluding hydrogens is 448 g/mol. The van der Waals surface area contributed by atoms with E-state index >= 15 is 0 Å². The van der Waals surface area contributed by atoms with Gasteiger partial charge in [-0.05, 0) is 74.3 Å². The molecule has 1 fully saturated rings. The molecule has 4 heteroatoms. The third kappa shape index (κ3) is 4.06. The fraction of sp³-hybridized carbons (Fsp3) is 0.419. The molecule has 35 heavy (non-hydrogen) atoms. The highest BCUT2D eigenvalue weighted by Gasteiger charge is 2.62. The highest BCUT2D eigenvalue weighted by Crippen LogP contribution is 2.68. The summed E-state index contributed by atoms with van der Waals surface area (Å²) in [6.07, 6.45) is 13.9. The number of nitrogens with one attached hydrogen (secondary N) is 1. The number of hydrogen-bond donors (Lipinski definition) is 1. The maximum atomic E-state index is 10.9. The van der Waals surface area contributed by atoms with Crippen LogP contribution < -0.4 is 5.32 Å². The zero-order chi connectivity index (χ0) is 24.6. The summed E-state index contributed by atoms with van der Waals surface area (Å²) in [6, 6.07) is 7.63. The number of rotatable bonds is 8. The summed E-state index contributed by atoms with van der Waals surface area (Å²) in [4.78, 5) is 15.8. The summed E-state index contributed by atoms with van der Waals surface area (Å²) in [5.41, 5.74) is 9.22. The Hall–Kier alpha value is -2.72. The number of thiazole rings is 1. The van der Waals surface area contributed by atoms with Gasteiger partial charge in [0, 0.05) is 29.0 Å². The molecule has 0 amide bonds. The molecular formula is C31H36N2OS. The lowest BCUT2D eigenvalue weighted by Crippen LogP contribution is -2.52. The number of carbonyl (C=O) groups excluding carboxylic acids is 1. The van der Waals surface area contributed by atoms with Crippen molar-refractivity contribution in [2.75, 3.05) is 11.9 Å². The third-order valence-electron chi connectivity index (χ3n) is 8.85.